The zero-order chi connectivity index (χ0) is 13.2. The highest BCUT2D eigenvalue weighted by Crippen LogP contribution is 2.28. The first-order valence-electron chi connectivity index (χ1n) is 7.18. The summed E-state index contributed by atoms with van der Waals surface area (Å²) in [6.07, 6.45) is 8.34. The Kier molecular flexibility index (Phi) is 3.36. The first kappa shape index (κ1) is 12.4. The molecule has 2 heterocycles. The highest BCUT2D eigenvalue weighted by molar-refractivity contribution is 5.45. The molecule has 2 aromatic heterocycles. The van der Waals surface area contributed by atoms with Crippen LogP contribution in [0.5, 0.6) is 0 Å². The zero-order valence-corrected chi connectivity index (χ0v) is 11.6. The molecule has 0 bridgehead atoms. The van der Waals surface area contributed by atoms with Crippen LogP contribution in [-0.4, -0.2) is 25.6 Å². The molecule has 0 aromatic carbocycles. The van der Waals surface area contributed by atoms with E-state index in [2.05, 4.69) is 27.3 Å². The van der Waals surface area contributed by atoms with Crippen molar-refractivity contribution in [3.63, 3.8) is 0 Å². The Labute approximate surface area is 113 Å². The summed E-state index contributed by atoms with van der Waals surface area (Å²) in [4.78, 5) is 8.53. The van der Waals surface area contributed by atoms with Gasteiger partial charge < -0.3 is 5.32 Å². The monoisotopic (exact) mass is 259 g/mol. The Bertz CT molecular complexity index is 556. The van der Waals surface area contributed by atoms with Crippen LogP contribution in [0.2, 0.25) is 0 Å². The van der Waals surface area contributed by atoms with Crippen LogP contribution in [0.15, 0.2) is 12.4 Å². The molecule has 102 valence electrons. The maximum absolute atomic E-state index is 4.37. The van der Waals surface area contributed by atoms with Gasteiger partial charge in [-0.15, -0.1) is 0 Å². The molecule has 1 saturated carbocycles. The normalized spacial score (nSPS) is 18.6. The topological polar surface area (TPSA) is 55.1 Å². The number of nitrogens with one attached hydrogen (secondary N) is 1. The fourth-order valence-electron chi connectivity index (χ4n) is 3.02. The number of fused-ring (bicyclic) bond motifs is 1. The van der Waals surface area contributed by atoms with Crippen molar-refractivity contribution in [1.29, 1.82) is 0 Å². The fraction of sp³-hybridized carbons (Fsp3) is 0.643. The van der Waals surface area contributed by atoms with Crippen molar-refractivity contribution in [3.8, 4) is 0 Å². The van der Waals surface area contributed by atoms with Gasteiger partial charge in [-0.1, -0.05) is 19.3 Å². The van der Waals surface area contributed by atoms with Crippen molar-refractivity contribution in [1.82, 2.24) is 19.6 Å². The number of nitrogens with zero attached hydrogens (tertiary/aromatic N) is 4. The van der Waals surface area contributed by atoms with Gasteiger partial charge in [-0.3, -0.25) is 0 Å². The lowest BCUT2D eigenvalue weighted by molar-refractivity contribution is 0.328. The van der Waals surface area contributed by atoms with E-state index in [9.17, 15) is 0 Å². The molecule has 1 aliphatic rings. The van der Waals surface area contributed by atoms with Crippen molar-refractivity contribution in [2.45, 2.75) is 52.0 Å². The van der Waals surface area contributed by atoms with Crippen LogP contribution in [-0.2, 0) is 0 Å². The van der Waals surface area contributed by atoms with E-state index in [1.54, 1.807) is 10.8 Å². The number of hydrogen-bond acceptors (Lipinski definition) is 4. The molecule has 1 aliphatic carbocycles. The lowest BCUT2D eigenvalue weighted by Gasteiger charge is -2.29. The summed E-state index contributed by atoms with van der Waals surface area (Å²) in [5.41, 5.74) is 0.971. The number of anilines is 1. The number of rotatable bonds is 3. The second kappa shape index (κ2) is 5.15. The van der Waals surface area contributed by atoms with Gasteiger partial charge in [0, 0.05) is 17.8 Å². The first-order chi connectivity index (χ1) is 9.24. The van der Waals surface area contributed by atoms with E-state index in [4.69, 9.17) is 0 Å². The molecular formula is C14H21N5. The molecule has 0 aliphatic heterocycles. The van der Waals surface area contributed by atoms with E-state index in [1.165, 1.54) is 32.1 Å². The molecule has 2 aromatic rings. The zero-order valence-electron chi connectivity index (χ0n) is 11.6. The van der Waals surface area contributed by atoms with Gasteiger partial charge >= 0.3 is 0 Å². The minimum atomic E-state index is 0.467. The van der Waals surface area contributed by atoms with Gasteiger partial charge in [-0.05, 0) is 32.6 Å². The smallest absolute Gasteiger partial charge is 0.254 e. The molecule has 1 unspecified atom stereocenters. The average Bonchev–Trinajstić information content (AvgIpc) is 2.88. The van der Waals surface area contributed by atoms with Crippen molar-refractivity contribution in [2.24, 2.45) is 5.92 Å². The predicted octanol–water partition coefficient (Wildman–Crippen LogP) is 2.81. The molecule has 0 amide bonds. The molecule has 0 spiro atoms. The summed E-state index contributed by atoms with van der Waals surface area (Å²) in [6, 6.07) is 2.51. The van der Waals surface area contributed by atoms with Crippen LogP contribution in [0.25, 0.3) is 5.78 Å². The van der Waals surface area contributed by atoms with E-state index >= 15 is 0 Å². The van der Waals surface area contributed by atoms with Crippen molar-refractivity contribution in [3.05, 3.63) is 18.1 Å². The SMILES string of the molecule is Cc1cc(NC(C)C2CCCCC2)n2ncnc2n1. The summed E-state index contributed by atoms with van der Waals surface area (Å²) in [5.74, 6) is 2.43. The molecular weight excluding hydrogens is 238 g/mol. The van der Waals surface area contributed by atoms with Gasteiger partial charge in [0.25, 0.3) is 5.78 Å². The summed E-state index contributed by atoms with van der Waals surface area (Å²) < 4.78 is 1.78. The molecule has 5 nitrogen and oxygen atoms in total. The van der Waals surface area contributed by atoms with Crippen LogP contribution in [0, 0.1) is 12.8 Å². The largest absolute Gasteiger partial charge is 0.367 e. The molecule has 19 heavy (non-hydrogen) atoms. The van der Waals surface area contributed by atoms with E-state index in [0.717, 1.165) is 17.4 Å². The Morgan fingerprint density at radius 3 is 2.89 bits per heavy atom. The molecule has 0 radical (unpaired) electrons. The lowest BCUT2D eigenvalue weighted by Crippen LogP contribution is -2.28. The predicted molar refractivity (Wildman–Crippen MR) is 75.2 cm³/mol. The molecule has 1 atom stereocenters. The summed E-state index contributed by atoms with van der Waals surface area (Å²) in [5, 5.41) is 7.84. The Morgan fingerprint density at radius 1 is 1.32 bits per heavy atom. The summed E-state index contributed by atoms with van der Waals surface area (Å²) in [6.45, 7) is 4.26. The van der Waals surface area contributed by atoms with Crippen LogP contribution in [0.1, 0.15) is 44.7 Å². The molecule has 1 N–H and O–H groups in total. The van der Waals surface area contributed by atoms with Gasteiger partial charge in [0.05, 0.1) is 0 Å². The standard InChI is InChI=1S/C14H21N5/c1-10-8-13(19-14(17-10)15-9-16-19)18-11(2)12-6-4-3-5-7-12/h8-9,11-12,18H,3-7H2,1-2H3. The van der Waals surface area contributed by atoms with Crippen LogP contribution in [0.4, 0.5) is 5.82 Å². The summed E-state index contributed by atoms with van der Waals surface area (Å²) >= 11 is 0. The third kappa shape index (κ3) is 2.55. The van der Waals surface area contributed by atoms with Crippen molar-refractivity contribution >= 4 is 11.6 Å². The van der Waals surface area contributed by atoms with Crippen LogP contribution < -0.4 is 5.32 Å². The average molecular weight is 259 g/mol. The van der Waals surface area contributed by atoms with Gasteiger partial charge in [-0.2, -0.15) is 14.6 Å². The van der Waals surface area contributed by atoms with E-state index < -0.39 is 0 Å². The Hall–Kier alpha value is -1.65. The van der Waals surface area contributed by atoms with Gasteiger partial charge in [0.15, 0.2) is 0 Å². The van der Waals surface area contributed by atoms with Gasteiger partial charge in [0.1, 0.15) is 12.1 Å². The van der Waals surface area contributed by atoms with E-state index in [0.29, 0.717) is 11.8 Å². The summed E-state index contributed by atoms with van der Waals surface area (Å²) in [7, 11) is 0. The lowest BCUT2D eigenvalue weighted by atomic mass is 9.84. The van der Waals surface area contributed by atoms with E-state index in [1.807, 2.05) is 13.0 Å². The Morgan fingerprint density at radius 2 is 2.11 bits per heavy atom. The second-order valence-corrected chi connectivity index (χ2v) is 5.59. The quantitative estimate of drug-likeness (QED) is 0.921. The number of aromatic nitrogens is 4. The minimum absolute atomic E-state index is 0.467. The van der Waals surface area contributed by atoms with Gasteiger partial charge in [0.2, 0.25) is 0 Å². The first-order valence-corrected chi connectivity index (χ1v) is 7.18. The third-order valence-electron chi connectivity index (χ3n) is 4.11. The number of aryl methyl sites for hydroxylation is 1. The molecule has 0 saturated heterocycles. The van der Waals surface area contributed by atoms with Gasteiger partial charge in [-0.25, -0.2) is 4.98 Å². The highest BCUT2D eigenvalue weighted by atomic mass is 15.4. The van der Waals surface area contributed by atoms with Crippen molar-refractivity contribution < 1.29 is 0 Å². The van der Waals surface area contributed by atoms with Crippen LogP contribution in [0.3, 0.4) is 0 Å². The van der Waals surface area contributed by atoms with Crippen LogP contribution >= 0.6 is 0 Å². The molecule has 1 fully saturated rings. The fourth-order valence-corrected chi connectivity index (χ4v) is 3.02. The van der Waals surface area contributed by atoms with Crippen molar-refractivity contribution in [2.75, 3.05) is 5.32 Å². The second-order valence-electron chi connectivity index (χ2n) is 5.59. The van der Waals surface area contributed by atoms with E-state index in [-0.39, 0.29) is 0 Å². The Balaban J connectivity index is 1.82. The molecule has 5 heteroatoms. The maximum atomic E-state index is 4.37. The molecule has 3 rings (SSSR count). The number of hydrogen-bond donors (Lipinski definition) is 1. The highest BCUT2D eigenvalue weighted by Gasteiger charge is 2.20. The third-order valence-corrected chi connectivity index (χ3v) is 4.11. The maximum Gasteiger partial charge on any atom is 0.254 e. The minimum Gasteiger partial charge on any atom is -0.367 e.